The average molecular weight is 458 g/mol. The van der Waals surface area contributed by atoms with E-state index in [0.717, 1.165) is 30.3 Å². The van der Waals surface area contributed by atoms with Crippen molar-refractivity contribution in [3.8, 4) is 11.5 Å². The summed E-state index contributed by atoms with van der Waals surface area (Å²) in [5.41, 5.74) is 0.148. The number of amides is 1. The first-order valence-corrected chi connectivity index (χ1v) is 9.84. The van der Waals surface area contributed by atoms with Crippen LogP contribution in [0.2, 0.25) is 0 Å². The Balaban J connectivity index is 1.97. The number of aromatic hydroxyl groups is 2. The summed E-state index contributed by atoms with van der Waals surface area (Å²) < 4.78 is 42.1. The number of anilines is 2. The minimum atomic E-state index is -4.69. The summed E-state index contributed by atoms with van der Waals surface area (Å²) in [6.45, 7) is 1.38. The SMILES string of the molecule is CNc1cc(C(c2ccc(O)c(NC(=O)c3ccc(C(C)=O)cc3)c2)C(F)(F)F)ccc1O. The van der Waals surface area contributed by atoms with E-state index in [9.17, 15) is 33.0 Å². The number of carbonyl (C=O) groups excluding carboxylic acids is 2. The average Bonchev–Trinajstić information content (AvgIpc) is 2.76. The second kappa shape index (κ2) is 9.23. The summed E-state index contributed by atoms with van der Waals surface area (Å²) in [5, 5.41) is 25.0. The standard InChI is InChI=1S/C24H21F3N2O4/c1-13(30)14-3-5-15(6-4-14)23(33)29-19-12-17(8-10-21(19)32)22(24(25,26)27)16-7-9-20(31)18(11-16)28-2/h3-12,22,28,31-32H,1-2H3,(H,29,33). The van der Waals surface area contributed by atoms with E-state index in [1.165, 1.54) is 44.3 Å². The third kappa shape index (κ3) is 5.25. The molecule has 1 unspecified atom stereocenters. The van der Waals surface area contributed by atoms with Gasteiger partial charge in [0.15, 0.2) is 5.78 Å². The van der Waals surface area contributed by atoms with Crippen molar-refractivity contribution in [1.82, 2.24) is 0 Å². The minimum absolute atomic E-state index is 0.128. The summed E-state index contributed by atoms with van der Waals surface area (Å²) in [6.07, 6.45) is -4.69. The first-order chi connectivity index (χ1) is 15.5. The molecule has 3 rings (SSSR count). The van der Waals surface area contributed by atoms with Crippen LogP contribution in [-0.2, 0) is 0 Å². The highest BCUT2D eigenvalue weighted by Crippen LogP contribution is 2.43. The Morgan fingerprint density at radius 2 is 1.30 bits per heavy atom. The van der Waals surface area contributed by atoms with Gasteiger partial charge in [-0.15, -0.1) is 0 Å². The number of ketones is 1. The molecule has 6 nitrogen and oxygen atoms in total. The number of carbonyl (C=O) groups is 2. The Morgan fingerprint density at radius 3 is 1.79 bits per heavy atom. The van der Waals surface area contributed by atoms with Crippen molar-refractivity contribution in [2.45, 2.75) is 19.0 Å². The summed E-state index contributed by atoms with van der Waals surface area (Å²) in [7, 11) is 1.47. The zero-order valence-corrected chi connectivity index (χ0v) is 17.7. The van der Waals surface area contributed by atoms with Gasteiger partial charge in [0.1, 0.15) is 17.4 Å². The molecule has 9 heteroatoms. The maximum absolute atomic E-state index is 14.0. The lowest BCUT2D eigenvalue weighted by molar-refractivity contribution is -0.141. The topological polar surface area (TPSA) is 98.7 Å². The molecule has 1 atom stereocenters. The molecule has 0 saturated carbocycles. The summed E-state index contributed by atoms with van der Waals surface area (Å²) in [5.74, 6) is -3.52. The van der Waals surface area contributed by atoms with Gasteiger partial charge < -0.3 is 20.8 Å². The zero-order chi connectivity index (χ0) is 24.3. The smallest absolute Gasteiger partial charge is 0.399 e. The Morgan fingerprint density at radius 1 is 0.818 bits per heavy atom. The number of phenolic OH excluding ortho intramolecular Hbond substituents is 2. The van der Waals surface area contributed by atoms with Crippen molar-refractivity contribution in [1.29, 1.82) is 0 Å². The molecule has 33 heavy (non-hydrogen) atoms. The Bertz CT molecular complexity index is 1190. The van der Waals surface area contributed by atoms with Crippen LogP contribution in [0.1, 0.15) is 44.7 Å². The van der Waals surface area contributed by atoms with E-state index in [1.54, 1.807) is 0 Å². The van der Waals surface area contributed by atoms with E-state index in [2.05, 4.69) is 10.6 Å². The van der Waals surface area contributed by atoms with Gasteiger partial charge in [0.2, 0.25) is 0 Å². The summed E-state index contributed by atoms with van der Waals surface area (Å²) in [4.78, 5) is 23.9. The molecule has 3 aromatic carbocycles. The predicted octanol–water partition coefficient (Wildman–Crippen LogP) is 5.29. The van der Waals surface area contributed by atoms with Gasteiger partial charge >= 0.3 is 6.18 Å². The monoisotopic (exact) mass is 458 g/mol. The molecule has 0 saturated heterocycles. The van der Waals surface area contributed by atoms with Gasteiger partial charge in [-0.3, -0.25) is 9.59 Å². The molecule has 0 aliphatic carbocycles. The normalized spacial score (nSPS) is 12.2. The Kier molecular flexibility index (Phi) is 6.62. The van der Waals surface area contributed by atoms with E-state index in [4.69, 9.17) is 0 Å². The largest absolute Gasteiger partial charge is 0.506 e. The third-order valence-corrected chi connectivity index (χ3v) is 5.11. The maximum Gasteiger partial charge on any atom is 0.399 e. The lowest BCUT2D eigenvalue weighted by atomic mass is 9.89. The maximum atomic E-state index is 14.0. The number of hydrogen-bond acceptors (Lipinski definition) is 5. The first kappa shape index (κ1) is 23.6. The number of halogens is 3. The second-order valence-corrected chi connectivity index (χ2v) is 7.37. The van der Waals surface area contributed by atoms with Crippen molar-refractivity contribution >= 4 is 23.1 Å². The second-order valence-electron chi connectivity index (χ2n) is 7.37. The highest BCUT2D eigenvalue weighted by molar-refractivity contribution is 6.05. The van der Waals surface area contributed by atoms with E-state index in [1.807, 2.05) is 0 Å². The van der Waals surface area contributed by atoms with E-state index in [-0.39, 0.29) is 39.6 Å². The Labute approximate surface area is 187 Å². The molecule has 1 amide bonds. The molecular weight excluding hydrogens is 437 g/mol. The van der Waals surface area contributed by atoms with Crippen molar-refractivity contribution in [3.05, 3.63) is 82.9 Å². The fourth-order valence-corrected chi connectivity index (χ4v) is 3.39. The highest BCUT2D eigenvalue weighted by Gasteiger charge is 2.42. The van der Waals surface area contributed by atoms with Crippen LogP contribution in [0.3, 0.4) is 0 Å². The number of rotatable bonds is 6. The van der Waals surface area contributed by atoms with Gasteiger partial charge in [0.25, 0.3) is 5.91 Å². The number of nitrogens with one attached hydrogen (secondary N) is 2. The lowest BCUT2D eigenvalue weighted by Gasteiger charge is -2.23. The fraction of sp³-hybridized carbons (Fsp3) is 0.167. The van der Waals surface area contributed by atoms with E-state index >= 15 is 0 Å². The summed E-state index contributed by atoms with van der Waals surface area (Å²) >= 11 is 0. The number of phenols is 2. The Hall–Kier alpha value is -4.01. The number of Topliss-reactive ketones (excluding diaryl/α,β-unsaturated/α-hetero) is 1. The highest BCUT2D eigenvalue weighted by atomic mass is 19.4. The van der Waals surface area contributed by atoms with Crippen LogP contribution in [0.25, 0.3) is 0 Å². The van der Waals surface area contributed by atoms with Crippen LogP contribution in [-0.4, -0.2) is 35.1 Å². The number of benzene rings is 3. The lowest BCUT2D eigenvalue weighted by Crippen LogP contribution is -2.22. The molecule has 3 aromatic rings. The fourth-order valence-electron chi connectivity index (χ4n) is 3.39. The van der Waals surface area contributed by atoms with Gasteiger partial charge in [-0.05, 0) is 54.4 Å². The van der Waals surface area contributed by atoms with E-state index in [0.29, 0.717) is 5.56 Å². The molecule has 0 spiro atoms. The molecule has 0 aliphatic heterocycles. The first-order valence-electron chi connectivity index (χ1n) is 9.84. The molecule has 0 radical (unpaired) electrons. The predicted molar refractivity (Wildman–Crippen MR) is 118 cm³/mol. The van der Waals surface area contributed by atoms with Crippen molar-refractivity contribution in [2.75, 3.05) is 17.7 Å². The van der Waals surface area contributed by atoms with Gasteiger partial charge in [0, 0.05) is 18.2 Å². The molecular formula is C24H21F3N2O4. The quantitative estimate of drug-likeness (QED) is 0.297. The molecule has 4 N–H and O–H groups in total. The van der Waals surface area contributed by atoms with Crippen molar-refractivity contribution in [3.63, 3.8) is 0 Å². The van der Waals surface area contributed by atoms with Crippen molar-refractivity contribution in [2.24, 2.45) is 0 Å². The molecule has 0 aliphatic rings. The number of hydrogen-bond donors (Lipinski definition) is 4. The van der Waals surface area contributed by atoms with Gasteiger partial charge in [-0.2, -0.15) is 13.2 Å². The molecule has 172 valence electrons. The molecule has 0 aromatic heterocycles. The summed E-state index contributed by atoms with van der Waals surface area (Å²) in [6, 6.07) is 12.5. The molecule has 0 heterocycles. The van der Waals surface area contributed by atoms with Crippen LogP contribution < -0.4 is 10.6 Å². The van der Waals surface area contributed by atoms with Crippen LogP contribution in [0.5, 0.6) is 11.5 Å². The van der Waals surface area contributed by atoms with Crippen LogP contribution in [0.15, 0.2) is 60.7 Å². The van der Waals surface area contributed by atoms with Gasteiger partial charge in [-0.25, -0.2) is 0 Å². The van der Waals surface area contributed by atoms with Crippen molar-refractivity contribution < 1.29 is 33.0 Å². The van der Waals surface area contributed by atoms with Crippen LogP contribution in [0, 0.1) is 0 Å². The third-order valence-electron chi connectivity index (χ3n) is 5.11. The van der Waals surface area contributed by atoms with Crippen LogP contribution in [0.4, 0.5) is 24.5 Å². The molecule has 0 bridgehead atoms. The number of alkyl halides is 3. The van der Waals surface area contributed by atoms with E-state index < -0.39 is 23.8 Å². The minimum Gasteiger partial charge on any atom is -0.506 e. The van der Waals surface area contributed by atoms with Gasteiger partial charge in [0.05, 0.1) is 11.4 Å². The van der Waals surface area contributed by atoms with Gasteiger partial charge in [-0.1, -0.05) is 24.3 Å². The molecule has 0 fully saturated rings. The van der Waals surface area contributed by atoms with Crippen LogP contribution >= 0.6 is 0 Å². The zero-order valence-electron chi connectivity index (χ0n) is 17.7.